The van der Waals surface area contributed by atoms with E-state index in [4.69, 9.17) is 0 Å². The average molecular weight is 377 g/mol. The van der Waals surface area contributed by atoms with Crippen LogP contribution in [0.1, 0.15) is 44.1 Å². The standard InChI is InChI=1S/C20H28N2O3S/c23-20(21-19-13-16-6-7-18(19)12-16)17-8-10-22(11-9-17)26(24,25)14-15-4-2-1-3-5-15/h1-5,16-19H,6-14H2,(H,21,23)/t16-,18-,19-/m1/s1. The summed E-state index contributed by atoms with van der Waals surface area (Å²) in [5.74, 6) is 1.63. The van der Waals surface area contributed by atoms with Crippen LogP contribution in [0.3, 0.4) is 0 Å². The number of benzene rings is 1. The summed E-state index contributed by atoms with van der Waals surface area (Å²) in [6, 6.07) is 9.64. The highest BCUT2D eigenvalue weighted by atomic mass is 32.2. The Bertz CT molecular complexity index is 742. The van der Waals surface area contributed by atoms with E-state index in [9.17, 15) is 13.2 Å². The van der Waals surface area contributed by atoms with E-state index in [1.165, 1.54) is 19.3 Å². The Hall–Kier alpha value is -1.40. The summed E-state index contributed by atoms with van der Waals surface area (Å²) in [6.45, 7) is 0.897. The molecule has 0 spiro atoms. The Morgan fingerprint density at radius 3 is 2.38 bits per heavy atom. The minimum atomic E-state index is -3.31. The van der Waals surface area contributed by atoms with Gasteiger partial charge in [-0.25, -0.2) is 12.7 Å². The number of sulfonamides is 1. The SMILES string of the molecule is O=C(N[C@@H]1C[C@@H]2CC[C@@H]1C2)C1CCN(S(=O)(=O)Cc2ccccc2)CC1. The third-order valence-electron chi connectivity index (χ3n) is 6.48. The highest BCUT2D eigenvalue weighted by Gasteiger charge is 2.41. The van der Waals surface area contributed by atoms with Gasteiger partial charge in [-0.2, -0.15) is 0 Å². The Balaban J connectivity index is 1.29. The van der Waals surface area contributed by atoms with E-state index in [0.717, 1.165) is 17.9 Å². The largest absolute Gasteiger partial charge is 0.353 e. The van der Waals surface area contributed by atoms with E-state index < -0.39 is 10.0 Å². The molecule has 1 N–H and O–H groups in total. The molecule has 2 bridgehead atoms. The third-order valence-corrected chi connectivity index (χ3v) is 8.33. The maximum absolute atomic E-state index is 12.6. The third kappa shape index (κ3) is 3.81. The number of nitrogens with zero attached hydrogens (tertiary/aromatic N) is 1. The number of hydrogen-bond acceptors (Lipinski definition) is 3. The van der Waals surface area contributed by atoms with Gasteiger partial charge in [0.15, 0.2) is 0 Å². The molecule has 5 nitrogen and oxygen atoms in total. The first-order valence-electron chi connectivity index (χ1n) is 9.83. The predicted octanol–water partition coefficient (Wildman–Crippen LogP) is 2.53. The smallest absolute Gasteiger partial charge is 0.223 e. The molecule has 0 radical (unpaired) electrons. The first-order chi connectivity index (χ1) is 12.5. The fourth-order valence-corrected chi connectivity index (χ4v) is 6.56. The molecule has 3 atom stereocenters. The van der Waals surface area contributed by atoms with Gasteiger partial charge in [0, 0.05) is 25.0 Å². The lowest BCUT2D eigenvalue weighted by Crippen LogP contribution is -2.46. The van der Waals surface area contributed by atoms with Gasteiger partial charge >= 0.3 is 0 Å². The molecule has 0 unspecified atom stereocenters. The van der Waals surface area contributed by atoms with Crippen molar-refractivity contribution in [1.29, 1.82) is 0 Å². The molecular weight excluding hydrogens is 348 g/mol. The van der Waals surface area contributed by atoms with Crippen LogP contribution in [0.25, 0.3) is 0 Å². The summed E-state index contributed by atoms with van der Waals surface area (Å²) in [4.78, 5) is 12.6. The molecule has 1 saturated heterocycles. The number of amides is 1. The molecular formula is C20H28N2O3S. The molecule has 1 amide bonds. The van der Waals surface area contributed by atoms with Crippen LogP contribution in [0.15, 0.2) is 30.3 Å². The zero-order chi connectivity index (χ0) is 18.1. The van der Waals surface area contributed by atoms with Crippen LogP contribution in [0, 0.1) is 17.8 Å². The Kier molecular flexibility index (Phi) is 5.06. The van der Waals surface area contributed by atoms with E-state index in [2.05, 4.69) is 5.32 Å². The fourth-order valence-electron chi connectivity index (χ4n) is 4.99. The normalized spacial score (nSPS) is 29.8. The van der Waals surface area contributed by atoms with Crippen molar-refractivity contribution in [3.05, 3.63) is 35.9 Å². The van der Waals surface area contributed by atoms with Crippen LogP contribution in [0.5, 0.6) is 0 Å². The number of carbonyl (C=O) groups excluding carboxylic acids is 1. The first kappa shape index (κ1) is 18.0. The molecule has 2 aliphatic carbocycles. The number of hydrogen-bond donors (Lipinski definition) is 1. The Morgan fingerprint density at radius 2 is 1.77 bits per heavy atom. The average Bonchev–Trinajstić information content (AvgIpc) is 3.25. The highest BCUT2D eigenvalue weighted by Crippen LogP contribution is 2.44. The molecule has 6 heteroatoms. The second-order valence-corrected chi connectivity index (χ2v) is 10.2. The fraction of sp³-hybridized carbons (Fsp3) is 0.650. The summed E-state index contributed by atoms with van der Waals surface area (Å²) in [7, 11) is -3.31. The molecule has 0 aromatic heterocycles. The van der Waals surface area contributed by atoms with Crippen molar-refractivity contribution in [2.24, 2.45) is 17.8 Å². The zero-order valence-electron chi connectivity index (χ0n) is 15.1. The predicted molar refractivity (Wildman–Crippen MR) is 101 cm³/mol. The van der Waals surface area contributed by atoms with Crippen molar-refractivity contribution < 1.29 is 13.2 Å². The number of nitrogens with one attached hydrogen (secondary N) is 1. The van der Waals surface area contributed by atoms with Crippen LogP contribution in [-0.4, -0.2) is 37.8 Å². The summed E-state index contributed by atoms with van der Waals surface area (Å²) in [6.07, 6.45) is 6.25. The zero-order valence-corrected chi connectivity index (χ0v) is 16.0. The summed E-state index contributed by atoms with van der Waals surface area (Å²) in [5, 5.41) is 3.27. The Morgan fingerprint density at radius 1 is 1.04 bits per heavy atom. The van der Waals surface area contributed by atoms with Crippen LogP contribution >= 0.6 is 0 Å². The van der Waals surface area contributed by atoms with Gasteiger partial charge in [-0.3, -0.25) is 4.79 Å². The van der Waals surface area contributed by atoms with Gasteiger partial charge in [0.2, 0.25) is 15.9 Å². The molecule has 1 aromatic carbocycles. The van der Waals surface area contributed by atoms with Gasteiger partial charge in [-0.1, -0.05) is 36.8 Å². The summed E-state index contributed by atoms with van der Waals surface area (Å²) < 4.78 is 26.8. The molecule has 26 heavy (non-hydrogen) atoms. The van der Waals surface area contributed by atoms with E-state index >= 15 is 0 Å². The molecule has 3 aliphatic rings. The lowest BCUT2D eigenvalue weighted by Gasteiger charge is -2.32. The van der Waals surface area contributed by atoms with E-state index in [1.54, 1.807) is 4.31 Å². The number of piperidine rings is 1. The molecule has 1 aliphatic heterocycles. The molecule has 3 fully saturated rings. The van der Waals surface area contributed by atoms with Crippen molar-refractivity contribution in [2.75, 3.05) is 13.1 Å². The van der Waals surface area contributed by atoms with Crippen LogP contribution < -0.4 is 5.32 Å². The van der Waals surface area contributed by atoms with E-state index in [-0.39, 0.29) is 17.6 Å². The minimum absolute atomic E-state index is 0.0375. The summed E-state index contributed by atoms with van der Waals surface area (Å²) >= 11 is 0. The van der Waals surface area contributed by atoms with Crippen LogP contribution in [0.4, 0.5) is 0 Å². The van der Waals surface area contributed by atoms with Gasteiger partial charge in [0.1, 0.15) is 0 Å². The maximum Gasteiger partial charge on any atom is 0.223 e. The first-order valence-corrected chi connectivity index (χ1v) is 11.4. The second kappa shape index (κ2) is 7.31. The Labute approximate surface area is 156 Å². The van der Waals surface area contributed by atoms with Crippen molar-refractivity contribution in [1.82, 2.24) is 9.62 Å². The van der Waals surface area contributed by atoms with Crippen LogP contribution in [-0.2, 0) is 20.6 Å². The van der Waals surface area contributed by atoms with Crippen molar-refractivity contribution >= 4 is 15.9 Å². The minimum Gasteiger partial charge on any atom is -0.353 e. The summed E-state index contributed by atoms with van der Waals surface area (Å²) in [5.41, 5.74) is 0.809. The lowest BCUT2D eigenvalue weighted by molar-refractivity contribution is -0.127. The number of fused-ring (bicyclic) bond motifs is 2. The van der Waals surface area contributed by atoms with Gasteiger partial charge < -0.3 is 5.32 Å². The van der Waals surface area contributed by atoms with Crippen molar-refractivity contribution in [2.45, 2.75) is 50.3 Å². The maximum atomic E-state index is 12.6. The van der Waals surface area contributed by atoms with E-state index in [0.29, 0.717) is 37.9 Å². The molecule has 1 aromatic rings. The highest BCUT2D eigenvalue weighted by molar-refractivity contribution is 7.88. The van der Waals surface area contributed by atoms with Gasteiger partial charge in [-0.15, -0.1) is 0 Å². The van der Waals surface area contributed by atoms with Gasteiger partial charge in [0.05, 0.1) is 5.75 Å². The van der Waals surface area contributed by atoms with Gasteiger partial charge in [-0.05, 0) is 49.5 Å². The number of carbonyl (C=O) groups is 1. The van der Waals surface area contributed by atoms with Crippen LogP contribution in [0.2, 0.25) is 0 Å². The van der Waals surface area contributed by atoms with Crippen molar-refractivity contribution in [3.63, 3.8) is 0 Å². The van der Waals surface area contributed by atoms with Gasteiger partial charge in [0.25, 0.3) is 0 Å². The molecule has 1 heterocycles. The topological polar surface area (TPSA) is 66.5 Å². The van der Waals surface area contributed by atoms with Crippen molar-refractivity contribution in [3.8, 4) is 0 Å². The lowest BCUT2D eigenvalue weighted by atomic mass is 9.93. The second-order valence-electron chi connectivity index (χ2n) is 8.21. The molecule has 2 saturated carbocycles. The molecule has 142 valence electrons. The quantitative estimate of drug-likeness (QED) is 0.859. The molecule has 4 rings (SSSR count). The number of rotatable bonds is 5. The van der Waals surface area contributed by atoms with E-state index in [1.807, 2.05) is 30.3 Å². The monoisotopic (exact) mass is 376 g/mol.